The second-order valence-corrected chi connectivity index (χ2v) is 7.15. The van der Waals surface area contributed by atoms with Crippen LogP contribution in [0.3, 0.4) is 0 Å². The molecule has 3 heterocycles. The summed E-state index contributed by atoms with van der Waals surface area (Å²) >= 11 is 0. The van der Waals surface area contributed by atoms with E-state index in [0.717, 1.165) is 34.8 Å². The van der Waals surface area contributed by atoms with Gasteiger partial charge < -0.3 is 11.1 Å². The molecule has 1 aromatic carbocycles. The van der Waals surface area contributed by atoms with Gasteiger partial charge in [-0.3, -0.25) is 9.89 Å². The third-order valence-corrected chi connectivity index (χ3v) is 4.99. The molecule has 164 valence electrons. The lowest BCUT2D eigenvalue weighted by Gasteiger charge is -2.22. The van der Waals surface area contributed by atoms with Crippen molar-refractivity contribution in [2.24, 2.45) is 9.98 Å². The number of nitriles is 1. The van der Waals surface area contributed by atoms with Gasteiger partial charge in [0.2, 0.25) is 5.82 Å². The van der Waals surface area contributed by atoms with Crippen LogP contribution in [0.4, 0.5) is 17.3 Å². The molecule has 4 rings (SSSR count). The highest BCUT2D eigenvalue weighted by molar-refractivity contribution is 6.34. The number of hydrogen-bond acceptors (Lipinski definition) is 8. The average Bonchev–Trinajstić information content (AvgIpc) is 3.21. The van der Waals surface area contributed by atoms with Gasteiger partial charge in [0.15, 0.2) is 11.7 Å². The fourth-order valence-corrected chi connectivity index (χ4v) is 3.47. The molecule has 0 unspecified atom stereocenters. The Morgan fingerprint density at radius 3 is 2.67 bits per heavy atom. The van der Waals surface area contributed by atoms with Gasteiger partial charge >= 0.3 is 0 Å². The van der Waals surface area contributed by atoms with Crippen molar-refractivity contribution in [3.63, 3.8) is 0 Å². The second-order valence-electron chi connectivity index (χ2n) is 7.15. The number of anilines is 3. The number of aliphatic imine (C=N–C) groups is 2. The summed E-state index contributed by atoms with van der Waals surface area (Å²) in [5.41, 5.74) is 9.69. The van der Waals surface area contributed by atoms with E-state index in [1.807, 2.05) is 53.4 Å². The standard InChI is InChI=1S/C24H23N9/c1-3-5-19-24(27-2)33(23(31-19)18-6-4-12-29-22(18)26)17-9-7-16(8-10-17)15-30-20-11-13-28-21(14-25)32-20/h4-13H,3,15H2,1-2H3,(H2,26,29)(H,28,30,32)/b19-5+,27-24?. The zero-order valence-corrected chi connectivity index (χ0v) is 18.4. The number of aromatic nitrogens is 3. The molecule has 1 aliphatic heterocycles. The summed E-state index contributed by atoms with van der Waals surface area (Å²) in [7, 11) is 1.76. The topological polar surface area (TPSA) is 128 Å². The van der Waals surface area contributed by atoms with Crippen LogP contribution < -0.4 is 16.0 Å². The molecule has 3 N–H and O–H groups in total. The van der Waals surface area contributed by atoms with Gasteiger partial charge in [-0.1, -0.05) is 25.1 Å². The number of amidine groups is 2. The smallest absolute Gasteiger partial charge is 0.234 e. The molecule has 2 aromatic heterocycles. The van der Waals surface area contributed by atoms with Crippen LogP contribution in [-0.2, 0) is 6.54 Å². The zero-order valence-electron chi connectivity index (χ0n) is 18.4. The van der Waals surface area contributed by atoms with Gasteiger partial charge in [-0.05, 0) is 42.3 Å². The summed E-state index contributed by atoms with van der Waals surface area (Å²) in [6.07, 6.45) is 6.10. The Hall–Kier alpha value is -4.58. The van der Waals surface area contributed by atoms with E-state index >= 15 is 0 Å². The van der Waals surface area contributed by atoms with Crippen molar-refractivity contribution in [3.05, 3.63) is 83.6 Å². The van der Waals surface area contributed by atoms with E-state index in [0.29, 0.717) is 24.0 Å². The zero-order chi connectivity index (χ0) is 23.2. The van der Waals surface area contributed by atoms with Gasteiger partial charge in [0.1, 0.15) is 23.4 Å². The molecule has 9 nitrogen and oxygen atoms in total. The van der Waals surface area contributed by atoms with Gasteiger partial charge in [0.25, 0.3) is 0 Å². The summed E-state index contributed by atoms with van der Waals surface area (Å²) in [5, 5.41) is 12.2. The Bertz CT molecular complexity index is 1280. The maximum Gasteiger partial charge on any atom is 0.234 e. The summed E-state index contributed by atoms with van der Waals surface area (Å²) in [5.74, 6) is 2.59. The predicted molar refractivity (Wildman–Crippen MR) is 130 cm³/mol. The normalized spacial score (nSPS) is 15.5. The van der Waals surface area contributed by atoms with Crippen molar-refractivity contribution in [3.8, 4) is 6.07 Å². The minimum Gasteiger partial charge on any atom is -0.383 e. The van der Waals surface area contributed by atoms with E-state index in [1.54, 1.807) is 25.5 Å². The first kappa shape index (κ1) is 21.6. The van der Waals surface area contributed by atoms with Crippen molar-refractivity contribution in [2.45, 2.75) is 19.9 Å². The average molecular weight is 438 g/mol. The molecule has 3 aromatic rings. The van der Waals surface area contributed by atoms with E-state index in [9.17, 15) is 0 Å². The molecule has 0 amide bonds. The third kappa shape index (κ3) is 4.55. The molecular formula is C24H23N9. The Morgan fingerprint density at radius 2 is 1.97 bits per heavy atom. The molecular weight excluding hydrogens is 414 g/mol. The Balaban J connectivity index is 1.62. The van der Waals surface area contributed by atoms with Crippen molar-refractivity contribution >= 4 is 29.0 Å². The fraction of sp³-hybridized carbons (Fsp3) is 0.167. The van der Waals surface area contributed by atoms with Crippen LogP contribution in [0.25, 0.3) is 0 Å². The monoisotopic (exact) mass is 437 g/mol. The lowest BCUT2D eigenvalue weighted by atomic mass is 10.1. The first-order valence-electron chi connectivity index (χ1n) is 10.5. The highest BCUT2D eigenvalue weighted by atomic mass is 15.3. The number of benzene rings is 1. The number of hydrogen-bond donors (Lipinski definition) is 2. The lowest BCUT2D eigenvalue weighted by molar-refractivity contribution is 1.06. The molecule has 33 heavy (non-hydrogen) atoms. The lowest BCUT2D eigenvalue weighted by Crippen LogP contribution is -2.33. The molecule has 0 fully saturated rings. The summed E-state index contributed by atoms with van der Waals surface area (Å²) in [6, 6.07) is 15.5. The van der Waals surface area contributed by atoms with Crippen molar-refractivity contribution in [1.82, 2.24) is 15.0 Å². The first-order valence-corrected chi connectivity index (χ1v) is 10.5. The number of rotatable bonds is 6. The number of pyridine rings is 1. The summed E-state index contributed by atoms with van der Waals surface area (Å²) in [6.45, 7) is 2.62. The van der Waals surface area contributed by atoms with Gasteiger partial charge in [-0.2, -0.15) is 5.26 Å². The van der Waals surface area contributed by atoms with Gasteiger partial charge in [-0.25, -0.2) is 19.9 Å². The first-order chi connectivity index (χ1) is 16.1. The van der Waals surface area contributed by atoms with Crippen LogP contribution in [0.2, 0.25) is 0 Å². The van der Waals surface area contributed by atoms with Crippen LogP contribution in [0.15, 0.2) is 76.6 Å². The highest BCUT2D eigenvalue weighted by Crippen LogP contribution is 2.29. The number of nitrogens with two attached hydrogens (primary N) is 1. The highest BCUT2D eigenvalue weighted by Gasteiger charge is 2.31. The number of nitrogens with one attached hydrogen (secondary N) is 1. The maximum absolute atomic E-state index is 8.95. The van der Waals surface area contributed by atoms with Crippen molar-refractivity contribution in [2.75, 3.05) is 23.0 Å². The molecule has 9 heteroatoms. The van der Waals surface area contributed by atoms with Gasteiger partial charge in [0, 0.05) is 31.7 Å². The number of nitrogens with zero attached hydrogens (tertiary/aromatic N) is 7. The van der Waals surface area contributed by atoms with E-state index in [2.05, 4.69) is 32.2 Å². The quantitative estimate of drug-likeness (QED) is 0.603. The van der Waals surface area contributed by atoms with Crippen LogP contribution in [0.1, 0.15) is 30.3 Å². The van der Waals surface area contributed by atoms with Crippen molar-refractivity contribution < 1.29 is 0 Å². The van der Waals surface area contributed by atoms with Crippen LogP contribution in [0, 0.1) is 11.3 Å². The SMILES string of the molecule is CC/C=C1/N=C(c2cccnc2N)N(c2ccc(CNc3ccnc(C#N)n3)cc2)C1=NC. The maximum atomic E-state index is 8.95. The van der Waals surface area contributed by atoms with E-state index < -0.39 is 0 Å². The Morgan fingerprint density at radius 1 is 1.15 bits per heavy atom. The van der Waals surface area contributed by atoms with E-state index in [-0.39, 0.29) is 5.82 Å². The Labute approximate surface area is 192 Å². The molecule has 0 atom stereocenters. The molecule has 0 radical (unpaired) electrons. The molecule has 1 aliphatic rings. The molecule has 0 aliphatic carbocycles. The minimum absolute atomic E-state index is 0.133. The Kier molecular flexibility index (Phi) is 6.36. The van der Waals surface area contributed by atoms with Gasteiger partial charge in [-0.15, -0.1) is 0 Å². The van der Waals surface area contributed by atoms with Crippen LogP contribution in [0.5, 0.6) is 0 Å². The molecule has 0 saturated heterocycles. The van der Waals surface area contributed by atoms with Crippen LogP contribution >= 0.6 is 0 Å². The molecule has 0 bridgehead atoms. The number of allylic oxidation sites excluding steroid dienone is 1. The fourth-order valence-electron chi connectivity index (χ4n) is 3.47. The van der Waals surface area contributed by atoms with Crippen LogP contribution in [-0.4, -0.2) is 33.7 Å². The van der Waals surface area contributed by atoms with E-state index in [4.69, 9.17) is 16.0 Å². The van der Waals surface area contributed by atoms with Gasteiger partial charge in [0.05, 0.1) is 5.56 Å². The number of nitrogen functional groups attached to an aromatic ring is 1. The second kappa shape index (κ2) is 9.70. The predicted octanol–water partition coefficient (Wildman–Crippen LogP) is 3.53. The summed E-state index contributed by atoms with van der Waals surface area (Å²) in [4.78, 5) is 23.6. The molecule has 0 saturated carbocycles. The van der Waals surface area contributed by atoms with E-state index in [1.165, 1.54) is 0 Å². The third-order valence-electron chi connectivity index (χ3n) is 4.99. The molecule has 0 spiro atoms. The summed E-state index contributed by atoms with van der Waals surface area (Å²) < 4.78 is 0. The van der Waals surface area contributed by atoms with Crippen molar-refractivity contribution in [1.29, 1.82) is 5.26 Å². The minimum atomic E-state index is 0.133. The largest absolute Gasteiger partial charge is 0.383 e.